The molecule has 5 heteroatoms. The summed E-state index contributed by atoms with van der Waals surface area (Å²) in [5, 5.41) is 0.825. The van der Waals surface area contributed by atoms with Crippen LogP contribution in [0.1, 0.15) is 10.4 Å². The number of methoxy groups -OCH3 is 1. The summed E-state index contributed by atoms with van der Waals surface area (Å²) in [7, 11) is 1.33. The Labute approximate surface area is 109 Å². The van der Waals surface area contributed by atoms with Crippen LogP contribution < -0.4 is 5.73 Å². The van der Waals surface area contributed by atoms with Crippen molar-refractivity contribution in [3.8, 4) is 0 Å². The molecule has 18 heavy (non-hydrogen) atoms. The predicted octanol–water partition coefficient (Wildman–Crippen LogP) is 2.60. The van der Waals surface area contributed by atoms with Crippen molar-refractivity contribution < 1.29 is 9.53 Å². The number of aromatic nitrogens is 1. The third-order valence-corrected chi connectivity index (χ3v) is 3.35. The van der Waals surface area contributed by atoms with Crippen LogP contribution in [-0.2, 0) is 4.74 Å². The maximum Gasteiger partial charge on any atom is 0.339 e. The second-order valence-corrected chi connectivity index (χ2v) is 4.54. The van der Waals surface area contributed by atoms with E-state index in [-0.39, 0.29) is 0 Å². The normalized spacial score (nSPS) is 10.1. The molecule has 92 valence electrons. The van der Waals surface area contributed by atoms with E-state index in [1.54, 1.807) is 18.3 Å². The van der Waals surface area contributed by atoms with Gasteiger partial charge < -0.3 is 10.5 Å². The van der Waals surface area contributed by atoms with Gasteiger partial charge in [0.05, 0.1) is 18.4 Å². The lowest BCUT2D eigenvalue weighted by Gasteiger charge is -2.08. The zero-order chi connectivity index (χ0) is 13.0. The second-order valence-electron chi connectivity index (χ2n) is 3.48. The summed E-state index contributed by atoms with van der Waals surface area (Å²) in [5.74, 6) is -0.434. The quantitative estimate of drug-likeness (QED) is 0.678. The Morgan fingerprint density at radius 1 is 1.28 bits per heavy atom. The lowest BCUT2D eigenvalue weighted by molar-refractivity contribution is 0.0601. The lowest BCUT2D eigenvalue weighted by Crippen LogP contribution is -2.06. The number of nitrogens with two attached hydrogens (primary N) is 1. The molecule has 0 fully saturated rings. The highest BCUT2D eigenvalue weighted by Gasteiger charge is 2.13. The van der Waals surface area contributed by atoms with Crippen molar-refractivity contribution in [2.24, 2.45) is 0 Å². The number of rotatable bonds is 3. The molecule has 2 aromatic rings. The number of benzene rings is 1. The third-order valence-electron chi connectivity index (χ3n) is 2.32. The molecule has 0 radical (unpaired) electrons. The minimum Gasteiger partial charge on any atom is -0.465 e. The number of pyridine rings is 1. The monoisotopic (exact) mass is 260 g/mol. The number of ether oxygens (including phenoxy) is 1. The molecule has 0 bridgehead atoms. The molecular weight excluding hydrogens is 248 g/mol. The number of carbonyl (C=O) groups is 1. The third kappa shape index (κ3) is 2.62. The average Bonchev–Trinajstić information content (AvgIpc) is 2.41. The van der Waals surface area contributed by atoms with Gasteiger partial charge in [-0.15, -0.1) is 0 Å². The minimum absolute atomic E-state index is 0.374. The van der Waals surface area contributed by atoms with Crippen LogP contribution in [0, 0.1) is 0 Å². The first-order valence-electron chi connectivity index (χ1n) is 5.28. The summed E-state index contributed by atoms with van der Waals surface area (Å²) in [6.45, 7) is 0. The van der Waals surface area contributed by atoms with E-state index in [2.05, 4.69) is 9.72 Å². The molecule has 2 rings (SSSR count). The molecule has 2 N–H and O–H groups in total. The van der Waals surface area contributed by atoms with E-state index in [0.29, 0.717) is 11.3 Å². The first-order chi connectivity index (χ1) is 8.72. The molecule has 0 aliphatic rings. The van der Waals surface area contributed by atoms with Crippen molar-refractivity contribution in [2.75, 3.05) is 12.8 Å². The fourth-order valence-electron chi connectivity index (χ4n) is 1.44. The SMILES string of the molecule is COC(=O)c1cccc(Sc2ccccn2)c1N. The molecule has 0 amide bonds. The molecule has 0 aliphatic heterocycles. The van der Waals surface area contributed by atoms with Gasteiger partial charge in [0.2, 0.25) is 0 Å². The Bertz CT molecular complexity index is 558. The van der Waals surface area contributed by atoms with Gasteiger partial charge in [0.1, 0.15) is 5.03 Å². The van der Waals surface area contributed by atoms with E-state index in [1.165, 1.54) is 18.9 Å². The van der Waals surface area contributed by atoms with Gasteiger partial charge in [-0.2, -0.15) is 0 Å². The second kappa shape index (κ2) is 5.55. The number of nitrogen functional groups attached to an aromatic ring is 1. The number of hydrogen-bond donors (Lipinski definition) is 1. The van der Waals surface area contributed by atoms with Gasteiger partial charge in [0.15, 0.2) is 0 Å². The van der Waals surface area contributed by atoms with E-state index in [1.807, 2.05) is 24.3 Å². The predicted molar refractivity (Wildman–Crippen MR) is 70.6 cm³/mol. The average molecular weight is 260 g/mol. The molecule has 1 heterocycles. The maximum absolute atomic E-state index is 11.5. The van der Waals surface area contributed by atoms with Crippen molar-refractivity contribution in [3.63, 3.8) is 0 Å². The Morgan fingerprint density at radius 2 is 2.11 bits per heavy atom. The van der Waals surface area contributed by atoms with E-state index in [0.717, 1.165) is 9.92 Å². The van der Waals surface area contributed by atoms with E-state index >= 15 is 0 Å². The van der Waals surface area contributed by atoms with Crippen molar-refractivity contribution in [1.82, 2.24) is 4.98 Å². The number of hydrogen-bond acceptors (Lipinski definition) is 5. The number of carbonyl (C=O) groups excluding carboxylic acids is 1. The molecule has 1 aromatic carbocycles. The minimum atomic E-state index is -0.434. The summed E-state index contributed by atoms with van der Waals surface area (Å²) in [6.07, 6.45) is 1.71. The highest BCUT2D eigenvalue weighted by Crippen LogP contribution is 2.32. The van der Waals surface area contributed by atoms with Crippen molar-refractivity contribution in [1.29, 1.82) is 0 Å². The molecule has 1 aromatic heterocycles. The Balaban J connectivity index is 2.32. The van der Waals surface area contributed by atoms with Crippen molar-refractivity contribution in [2.45, 2.75) is 9.92 Å². The van der Waals surface area contributed by atoms with Gasteiger partial charge in [-0.3, -0.25) is 0 Å². The Morgan fingerprint density at radius 3 is 2.78 bits per heavy atom. The van der Waals surface area contributed by atoms with Gasteiger partial charge in [-0.05, 0) is 24.3 Å². The zero-order valence-corrected chi connectivity index (χ0v) is 10.6. The Kier molecular flexibility index (Phi) is 3.84. The summed E-state index contributed by atoms with van der Waals surface area (Å²) >= 11 is 1.41. The first kappa shape index (κ1) is 12.4. The summed E-state index contributed by atoms with van der Waals surface area (Å²) in [4.78, 5) is 16.5. The summed E-state index contributed by atoms with van der Waals surface area (Å²) in [6, 6.07) is 10.9. The highest BCUT2D eigenvalue weighted by atomic mass is 32.2. The van der Waals surface area contributed by atoms with Gasteiger partial charge in [0.25, 0.3) is 0 Å². The van der Waals surface area contributed by atoms with Crippen molar-refractivity contribution >= 4 is 23.4 Å². The molecule has 0 aliphatic carbocycles. The smallest absolute Gasteiger partial charge is 0.339 e. The standard InChI is InChI=1S/C13H12N2O2S/c1-17-13(16)9-5-4-6-10(12(9)14)18-11-7-2-3-8-15-11/h2-8H,14H2,1H3. The van der Waals surface area contributed by atoms with Crippen LogP contribution in [0.25, 0.3) is 0 Å². The first-order valence-corrected chi connectivity index (χ1v) is 6.09. The van der Waals surface area contributed by atoms with Gasteiger partial charge in [0, 0.05) is 11.1 Å². The van der Waals surface area contributed by atoms with E-state index < -0.39 is 5.97 Å². The molecule has 0 spiro atoms. The molecule has 4 nitrogen and oxygen atoms in total. The largest absolute Gasteiger partial charge is 0.465 e. The number of para-hydroxylation sites is 1. The molecular formula is C13H12N2O2S. The van der Waals surface area contributed by atoms with Gasteiger partial charge in [-0.1, -0.05) is 23.9 Å². The number of esters is 1. The highest BCUT2D eigenvalue weighted by molar-refractivity contribution is 7.99. The Hall–Kier alpha value is -2.01. The van der Waals surface area contributed by atoms with Crippen LogP contribution in [0.2, 0.25) is 0 Å². The zero-order valence-electron chi connectivity index (χ0n) is 9.79. The topological polar surface area (TPSA) is 65.2 Å². The molecule has 0 saturated carbocycles. The van der Waals surface area contributed by atoms with Crippen molar-refractivity contribution in [3.05, 3.63) is 48.2 Å². The summed E-state index contributed by atoms with van der Waals surface area (Å²) < 4.78 is 4.68. The van der Waals surface area contributed by atoms with E-state index in [9.17, 15) is 4.79 Å². The number of nitrogens with zero attached hydrogens (tertiary/aromatic N) is 1. The van der Waals surface area contributed by atoms with Crippen LogP contribution in [-0.4, -0.2) is 18.1 Å². The molecule has 0 unspecified atom stereocenters. The fourth-order valence-corrected chi connectivity index (χ4v) is 2.29. The van der Waals surface area contributed by atoms with Gasteiger partial charge in [-0.25, -0.2) is 9.78 Å². The lowest BCUT2D eigenvalue weighted by atomic mass is 10.2. The van der Waals surface area contributed by atoms with Crippen LogP contribution in [0.15, 0.2) is 52.5 Å². The fraction of sp³-hybridized carbons (Fsp3) is 0.0769. The molecule has 0 saturated heterocycles. The van der Waals surface area contributed by atoms with E-state index in [4.69, 9.17) is 5.73 Å². The van der Waals surface area contributed by atoms with Crippen LogP contribution in [0.4, 0.5) is 5.69 Å². The summed E-state index contributed by atoms with van der Waals surface area (Å²) in [5.41, 5.74) is 6.75. The van der Waals surface area contributed by atoms with Gasteiger partial charge >= 0.3 is 5.97 Å². The maximum atomic E-state index is 11.5. The van der Waals surface area contributed by atoms with Crippen LogP contribution >= 0.6 is 11.8 Å². The number of anilines is 1. The van der Waals surface area contributed by atoms with Crippen LogP contribution in [0.3, 0.4) is 0 Å². The molecule has 0 atom stereocenters. The van der Waals surface area contributed by atoms with Crippen LogP contribution in [0.5, 0.6) is 0 Å².